The third-order valence-electron chi connectivity index (χ3n) is 3.18. The van der Waals surface area contributed by atoms with Crippen molar-refractivity contribution in [3.63, 3.8) is 0 Å². The first-order valence-corrected chi connectivity index (χ1v) is 5.98. The number of nitrogens with one attached hydrogen (secondary N) is 1. The van der Waals surface area contributed by atoms with Crippen molar-refractivity contribution < 1.29 is 0 Å². The van der Waals surface area contributed by atoms with Gasteiger partial charge in [0.15, 0.2) is 0 Å². The lowest BCUT2D eigenvalue weighted by Gasteiger charge is -2.25. The fourth-order valence-corrected chi connectivity index (χ4v) is 2.21. The predicted octanol–water partition coefficient (Wildman–Crippen LogP) is 3.31. The Labute approximate surface area is 94.0 Å². The second-order valence-corrected chi connectivity index (χ2v) is 4.08. The smallest absolute Gasteiger partial charge is 0.00431 e. The van der Waals surface area contributed by atoms with Crippen LogP contribution in [0.5, 0.6) is 0 Å². The summed E-state index contributed by atoms with van der Waals surface area (Å²) in [6.45, 7) is 5.50. The standard InChI is InChI=1S/C14H23N/c1-4-12-8-6-7-9-14(12)13(5-2)10-11-15-3/h5-9,12,14-15H,4,10-11H2,1-3H3/b13-5-. The van der Waals surface area contributed by atoms with Crippen molar-refractivity contribution in [1.82, 2.24) is 5.32 Å². The summed E-state index contributed by atoms with van der Waals surface area (Å²) in [6.07, 6.45) is 13.7. The van der Waals surface area contributed by atoms with E-state index in [0.717, 1.165) is 13.0 Å². The van der Waals surface area contributed by atoms with E-state index < -0.39 is 0 Å². The van der Waals surface area contributed by atoms with Crippen LogP contribution in [0.15, 0.2) is 36.0 Å². The fourth-order valence-electron chi connectivity index (χ4n) is 2.21. The van der Waals surface area contributed by atoms with E-state index in [1.165, 1.54) is 6.42 Å². The lowest BCUT2D eigenvalue weighted by atomic mass is 9.80. The van der Waals surface area contributed by atoms with Gasteiger partial charge in [-0.1, -0.05) is 42.9 Å². The first-order chi connectivity index (χ1) is 7.33. The van der Waals surface area contributed by atoms with E-state index in [-0.39, 0.29) is 0 Å². The molecule has 1 rings (SSSR count). The van der Waals surface area contributed by atoms with E-state index in [0.29, 0.717) is 11.8 Å². The minimum atomic E-state index is 0.623. The van der Waals surface area contributed by atoms with E-state index in [9.17, 15) is 0 Å². The minimum Gasteiger partial charge on any atom is -0.319 e. The van der Waals surface area contributed by atoms with Crippen molar-refractivity contribution >= 4 is 0 Å². The Balaban J connectivity index is 2.66. The SMILES string of the molecule is C/C=C(/CCNC)C1C=CC=CC1CC. The average Bonchev–Trinajstić information content (AvgIpc) is 2.30. The first kappa shape index (κ1) is 12.3. The maximum Gasteiger partial charge on any atom is 0.00431 e. The monoisotopic (exact) mass is 205 g/mol. The fraction of sp³-hybridized carbons (Fsp3) is 0.571. The average molecular weight is 205 g/mol. The van der Waals surface area contributed by atoms with Gasteiger partial charge >= 0.3 is 0 Å². The van der Waals surface area contributed by atoms with E-state index in [2.05, 4.69) is 49.5 Å². The van der Waals surface area contributed by atoms with E-state index >= 15 is 0 Å². The van der Waals surface area contributed by atoms with Crippen LogP contribution in [0.25, 0.3) is 0 Å². The summed E-state index contributed by atoms with van der Waals surface area (Å²) in [4.78, 5) is 0. The molecule has 2 atom stereocenters. The zero-order chi connectivity index (χ0) is 11.1. The van der Waals surface area contributed by atoms with Crippen molar-refractivity contribution in [2.75, 3.05) is 13.6 Å². The topological polar surface area (TPSA) is 12.0 Å². The zero-order valence-corrected chi connectivity index (χ0v) is 10.2. The molecule has 0 fully saturated rings. The minimum absolute atomic E-state index is 0.623. The highest BCUT2D eigenvalue weighted by Crippen LogP contribution is 2.30. The van der Waals surface area contributed by atoms with E-state index in [1.807, 2.05) is 7.05 Å². The lowest BCUT2D eigenvalue weighted by molar-refractivity contribution is 0.496. The van der Waals surface area contributed by atoms with Gasteiger partial charge in [-0.2, -0.15) is 0 Å². The number of rotatable bonds is 5. The van der Waals surface area contributed by atoms with Gasteiger partial charge in [0, 0.05) is 5.92 Å². The Morgan fingerprint density at radius 3 is 2.67 bits per heavy atom. The molecular weight excluding hydrogens is 182 g/mol. The molecule has 0 amide bonds. The second-order valence-electron chi connectivity index (χ2n) is 4.08. The van der Waals surface area contributed by atoms with Crippen molar-refractivity contribution in [2.24, 2.45) is 11.8 Å². The number of hydrogen-bond acceptors (Lipinski definition) is 1. The quantitative estimate of drug-likeness (QED) is 0.679. The molecule has 1 nitrogen and oxygen atoms in total. The van der Waals surface area contributed by atoms with Gasteiger partial charge in [0.25, 0.3) is 0 Å². The van der Waals surface area contributed by atoms with Crippen molar-refractivity contribution in [3.05, 3.63) is 36.0 Å². The zero-order valence-electron chi connectivity index (χ0n) is 10.2. The molecule has 0 aromatic heterocycles. The van der Waals surface area contributed by atoms with Gasteiger partial charge in [-0.15, -0.1) is 0 Å². The Bertz CT molecular complexity index is 261. The lowest BCUT2D eigenvalue weighted by Crippen LogP contribution is -2.18. The summed E-state index contributed by atoms with van der Waals surface area (Å²) in [7, 11) is 2.02. The molecule has 0 bridgehead atoms. The van der Waals surface area contributed by atoms with E-state index in [1.54, 1.807) is 5.57 Å². The molecule has 1 N–H and O–H groups in total. The molecule has 0 saturated carbocycles. The van der Waals surface area contributed by atoms with Gasteiger partial charge in [-0.3, -0.25) is 0 Å². The molecule has 1 heteroatoms. The molecule has 0 aromatic rings. The Morgan fingerprint density at radius 2 is 2.07 bits per heavy atom. The van der Waals surface area contributed by atoms with Gasteiger partial charge in [-0.25, -0.2) is 0 Å². The van der Waals surface area contributed by atoms with Gasteiger partial charge in [0.2, 0.25) is 0 Å². The van der Waals surface area contributed by atoms with Gasteiger partial charge in [-0.05, 0) is 39.3 Å². The molecule has 0 radical (unpaired) electrons. The maximum absolute atomic E-state index is 3.22. The summed E-state index contributed by atoms with van der Waals surface area (Å²) in [5, 5.41) is 3.22. The third kappa shape index (κ3) is 3.35. The second kappa shape index (κ2) is 6.62. The predicted molar refractivity (Wildman–Crippen MR) is 67.9 cm³/mol. The molecule has 1 aliphatic carbocycles. The van der Waals surface area contributed by atoms with Crippen LogP contribution in [0.1, 0.15) is 26.7 Å². The largest absolute Gasteiger partial charge is 0.319 e. The van der Waals surface area contributed by atoms with Gasteiger partial charge < -0.3 is 5.32 Å². The van der Waals surface area contributed by atoms with Crippen molar-refractivity contribution in [3.8, 4) is 0 Å². The molecular formula is C14H23N. The normalized spacial score (nSPS) is 25.9. The molecule has 0 heterocycles. The van der Waals surface area contributed by atoms with Crippen LogP contribution in [0, 0.1) is 11.8 Å². The van der Waals surface area contributed by atoms with Crippen molar-refractivity contribution in [2.45, 2.75) is 26.7 Å². The molecule has 2 unspecified atom stereocenters. The Kier molecular flexibility index (Phi) is 5.41. The van der Waals surface area contributed by atoms with Crippen LogP contribution in [-0.2, 0) is 0 Å². The third-order valence-corrected chi connectivity index (χ3v) is 3.18. The number of allylic oxidation sites excluding steroid dienone is 5. The van der Waals surface area contributed by atoms with Crippen LogP contribution in [-0.4, -0.2) is 13.6 Å². The van der Waals surface area contributed by atoms with E-state index in [4.69, 9.17) is 0 Å². The summed E-state index contributed by atoms with van der Waals surface area (Å²) in [6, 6.07) is 0. The highest BCUT2D eigenvalue weighted by atomic mass is 14.8. The highest BCUT2D eigenvalue weighted by Gasteiger charge is 2.19. The Hall–Kier alpha value is -0.820. The Morgan fingerprint density at radius 1 is 1.33 bits per heavy atom. The maximum atomic E-state index is 3.22. The molecule has 84 valence electrons. The summed E-state index contributed by atoms with van der Waals surface area (Å²) < 4.78 is 0. The van der Waals surface area contributed by atoms with Crippen LogP contribution >= 0.6 is 0 Å². The van der Waals surface area contributed by atoms with Crippen molar-refractivity contribution in [1.29, 1.82) is 0 Å². The molecule has 15 heavy (non-hydrogen) atoms. The summed E-state index contributed by atoms with van der Waals surface area (Å²) >= 11 is 0. The molecule has 0 aromatic carbocycles. The van der Waals surface area contributed by atoms with Crippen LogP contribution < -0.4 is 5.32 Å². The molecule has 0 aliphatic heterocycles. The first-order valence-electron chi connectivity index (χ1n) is 5.98. The summed E-state index contributed by atoms with van der Waals surface area (Å²) in [5.74, 6) is 1.32. The van der Waals surface area contributed by atoms with Gasteiger partial charge in [0.1, 0.15) is 0 Å². The van der Waals surface area contributed by atoms with Gasteiger partial charge in [0.05, 0.1) is 0 Å². The number of hydrogen-bond donors (Lipinski definition) is 1. The molecule has 0 saturated heterocycles. The molecule has 1 aliphatic rings. The summed E-state index contributed by atoms with van der Waals surface area (Å²) in [5.41, 5.74) is 1.57. The van der Waals surface area contributed by atoms with Crippen LogP contribution in [0.3, 0.4) is 0 Å². The van der Waals surface area contributed by atoms with Crippen LogP contribution in [0.4, 0.5) is 0 Å². The molecule has 0 spiro atoms. The highest BCUT2D eigenvalue weighted by molar-refractivity contribution is 5.24. The van der Waals surface area contributed by atoms with Crippen LogP contribution in [0.2, 0.25) is 0 Å².